The van der Waals surface area contributed by atoms with Gasteiger partial charge in [-0.3, -0.25) is 4.79 Å². The van der Waals surface area contributed by atoms with Crippen molar-refractivity contribution in [3.05, 3.63) is 66.3 Å². The molecule has 1 aliphatic heterocycles. The third kappa shape index (κ3) is 3.84. The maximum Gasteiger partial charge on any atom is 0.185 e. The highest BCUT2D eigenvalue weighted by Crippen LogP contribution is 2.32. The van der Waals surface area contributed by atoms with Crippen LogP contribution in [0.5, 0.6) is 0 Å². The van der Waals surface area contributed by atoms with E-state index in [1.165, 1.54) is 12.1 Å². The molecule has 27 heavy (non-hydrogen) atoms. The van der Waals surface area contributed by atoms with Crippen molar-refractivity contribution in [3.8, 4) is 11.3 Å². The number of pyridine rings is 1. The average Bonchev–Trinajstić information content (AvgIpc) is 3.20. The fraction of sp³-hybridized carbons (Fsp3) is 0.238. The molecule has 1 saturated heterocycles. The van der Waals surface area contributed by atoms with Crippen molar-refractivity contribution in [2.45, 2.75) is 18.9 Å². The Hall–Kier alpha value is -3.15. The summed E-state index contributed by atoms with van der Waals surface area (Å²) in [5.41, 5.74) is 1.82. The Morgan fingerprint density at radius 2 is 1.89 bits per heavy atom. The number of aldehydes is 1. The molecule has 6 heteroatoms. The minimum atomic E-state index is -0.228. The number of benzene rings is 1. The quantitative estimate of drug-likeness (QED) is 0.680. The molecule has 138 valence electrons. The number of aromatic nitrogens is 1. The van der Waals surface area contributed by atoms with Crippen molar-refractivity contribution in [2.75, 3.05) is 23.3 Å². The zero-order valence-electron chi connectivity index (χ0n) is 14.8. The van der Waals surface area contributed by atoms with E-state index in [0.717, 1.165) is 43.0 Å². The number of carbonyl (C=O) groups is 1. The van der Waals surface area contributed by atoms with Crippen LogP contribution in [-0.2, 0) is 0 Å². The lowest BCUT2D eigenvalue weighted by Gasteiger charge is -2.34. The lowest BCUT2D eigenvalue weighted by Crippen LogP contribution is -2.39. The van der Waals surface area contributed by atoms with Gasteiger partial charge in [-0.05, 0) is 61.4 Å². The summed E-state index contributed by atoms with van der Waals surface area (Å²) in [7, 11) is 0. The molecule has 5 nitrogen and oxygen atoms in total. The summed E-state index contributed by atoms with van der Waals surface area (Å²) in [5, 5.41) is 3.47. The number of nitrogens with zero attached hydrogens (tertiary/aromatic N) is 2. The summed E-state index contributed by atoms with van der Waals surface area (Å²) < 4.78 is 18.6. The highest BCUT2D eigenvalue weighted by molar-refractivity contribution is 5.76. The molecule has 0 unspecified atom stereocenters. The lowest BCUT2D eigenvalue weighted by molar-refractivity contribution is 0.110. The van der Waals surface area contributed by atoms with Gasteiger partial charge in [-0.25, -0.2) is 9.37 Å². The van der Waals surface area contributed by atoms with Crippen molar-refractivity contribution in [1.29, 1.82) is 0 Å². The summed E-state index contributed by atoms with van der Waals surface area (Å²) in [6.45, 7) is 1.70. The molecule has 0 aliphatic carbocycles. The lowest BCUT2D eigenvalue weighted by atomic mass is 10.0. The molecule has 2 aromatic heterocycles. The molecule has 1 fully saturated rings. The van der Waals surface area contributed by atoms with Crippen molar-refractivity contribution in [1.82, 2.24) is 4.98 Å². The molecule has 1 aliphatic rings. The van der Waals surface area contributed by atoms with Gasteiger partial charge in [-0.2, -0.15) is 0 Å². The first-order valence-electron chi connectivity index (χ1n) is 9.00. The number of hydrogen-bond acceptors (Lipinski definition) is 5. The molecule has 1 aromatic carbocycles. The minimum absolute atomic E-state index is 0.228. The molecule has 0 bridgehead atoms. The fourth-order valence-corrected chi connectivity index (χ4v) is 3.42. The number of carbonyl (C=O) groups excluding carboxylic acids is 1. The van der Waals surface area contributed by atoms with Gasteiger partial charge in [-0.15, -0.1) is 0 Å². The van der Waals surface area contributed by atoms with E-state index in [1.54, 1.807) is 30.5 Å². The van der Waals surface area contributed by atoms with Crippen molar-refractivity contribution in [3.63, 3.8) is 0 Å². The second-order valence-electron chi connectivity index (χ2n) is 6.61. The largest absolute Gasteiger partial charge is 0.453 e. The van der Waals surface area contributed by atoms with Gasteiger partial charge in [0, 0.05) is 31.0 Å². The highest BCUT2D eigenvalue weighted by atomic mass is 19.1. The van der Waals surface area contributed by atoms with E-state index in [2.05, 4.69) is 15.2 Å². The first kappa shape index (κ1) is 17.3. The van der Waals surface area contributed by atoms with Crippen molar-refractivity contribution in [2.24, 2.45) is 0 Å². The molecule has 0 amide bonds. The normalized spacial score (nSPS) is 14.9. The Morgan fingerprint density at radius 1 is 1.11 bits per heavy atom. The van der Waals surface area contributed by atoms with Crippen LogP contribution in [0.1, 0.15) is 23.4 Å². The zero-order chi connectivity index (χ0) is 18.6. The van der Waals surface area contributed by atoms with Crippen LogP contribution >= 0.6 is 0 Å². The van der Waals surface area contributed by atoms with Crippen LogP contribution in [0.2, 0.25) is 0 Å². The highest BCUT2D eigenvalue weighted by Gasteiger charge is 2.23. The number of furan rings is 1. The van der Waals surface area contributed by atoms with E-state index in [1.807, 2.05) is 12.1 Å². The molecular formula is C21H20FN3O2. The Morgan fingerprint density at radius 3 is 2.59 bits per heavy atom. The van der Waals surface area contributed by atoms with E-state index < -0.39 is 0 Å². The SMILES string of the molecule is O=Cc1ccc(-c2cccnc2N2CCC(Nc3ccc(F)cc3)CC2)o1. The Kier molecular flexibility index (Phi) is 4.87. The summed E-state index contributed by atoms with van der Waals surface area (Å²) in [6, 6.07) is 14.1. The maximum atomic E-state index is 13.0. The third-order valence-corrected chi connectivity index (χ3v) is 4.80. The van der Waals surface area contributed by atoms with Gasteiger partial charge in [0.05, 0.1) is 5.56 Å². The van der Waals surface area contributed by atoms with Gasteiger partial charge in [-0.1, -0.05) is 0 Å². The number of anilines is 2. The summed E-state index contributed by atoms with van der Waals surface area (Å²) >= 11 is 0. The second kappa shape index (κ2) is 7.61. The Labute approximate surface area is 156 Å². The van der Waals surface area contributed by atoms with Gasteiger partial charge in [0.25, 0.3) is 0 Å². The molecule has 0 spiro atoms. The monoisotopic (exact) mass is 365 g/mol. The smallest absolute Gasteiger partial charge is 0.185 e. The van der Waals surface area contributed by atoms with Crippen LogP contribution in [0.15, 0.2) is 59.1 Å². The average molecular weight is 365 g/mol. The molecular weight excluding hydrogens is 345 g/mol. The van der Waals surface area contributed by atoms with E-state index in [4.69, 9.17) is 4.42 Å². The molecule has 0 saturated carbocycles. The first-order chi connectivity index (χ1) is 13.2. The van der Waals surface area contributed by atoms with E-state index >= 15 is 0 Å². The van der Waals surface area contributed by atoms with Crippen LogP contribution in [-0.4, -0.2) is 30.4 Å². The van der Waals surface area contributed by atoms with Crippen LogP contribution < -0.4 is 10.2 Å². The van der Waals surface area contributed by atoms with Crippen LogP contribution in [0.4, 0.5) is 15.9 Å². The van der Waals surface area contributed by atoms with Gasteiger partial charge < -0.3 is 14.6 Å². The minimum Gasteiger partial charge on any atom is -0.453 e. The first-order valence-corrected chi connectivity index (χ1v) is 9.00. The van der Waals surface area contributed by atoms with E-state index in [0.29, 0.717) is 23.8 Å². The standard InChI is InChI=1S/C21H20FN3O2/c22-15-3-5-16(6-4-15)24-17-9-12-25(13-10-17)21-19(2-1-11-23-21)20-8-7-18(14-26)27-20/h1-8,11,14,17,24H,9-10,12-13H2. The Balaban J connectivity index is 1.45. The summed E-state index contributed by atoms with van der Waals surface area (Å²) in [4.78, 5) is 17.7. The summed E-state index contributed by atoms with van der Waals surface area (Å²) in [6.07, 6.45) is 4.37. The fourth-order valence-electron chi connectivity index (χ4n) is 3.42. The van der Waals surface area contributed by atoms with Crippen molar-refractivity contribution >= 4 is 17.8 Å². The van der Waals surface area contributed by atoms with Gasteiger partial charge in [0.1, 0.15) is 17.4 Å². The predicted octanol–water partition coefficient (Wildman–Crippen LogP) is 4.37. The van der Waals surface area contributed by atoms with Crippen LogP contribution in [0, 0.1) is 5.82 Å². The molecule has 0 atom stereocenters. The zero-order valence-corrected chi connectivity index (χ0v) is 14.8. The number of rotatable bonds is 5. The van der Waals surface area contributed by atoms with Gasteiger partial charge in [0.2, 0.25) is 0 Å². The number of halogens is 1. The number of hydrogen-bond donors (Lipinski definition) is 1. The molecule has 0 radical (unpaired) electrons. The summed E-state index contributed by atoms with van der Waals surface area (Å²) in [5.74, 6) is 1.59. The molecule has 1 N–H and O–H groups in total. The number of piperidine rings is 1. The van der Waals surface area contributed by atoms with Crippen molar-refractivity contribution < 1.29 is 13.6 Å². The third-order valence-electron chi connectivity index (χ3n) is 4.80. The topological polar surface area (TPSA) is 58.4 Å². The second-order valence-corrected chi connectivity index (χ2v) is 6.61. The maximum absolute atomic E-state index is 13.0. The van der Waals surface area contributed by atoms with Crippen LogP contribution in [0.25, 0.3) is 11.3 Å². The van der Waals surface area contributed by atoms with Gasteiger partial charge in [0.15, 0.2) is 12.0 Å². The molecule has 3 aromatic rings. The van der Waals surface area contributed by atoms with E-state index in [-0.39, 0.29) is 5.82 Å². The van der Waals surface area contributed by atoms with E-state index in [9.17, 15) is 9.18 Å². The molecule has 3 heterocycles. The Bertz CT molecular complexity index is 915. The van der Waals surface area contributed by atoms with Gasteiger partial charge >= 0.3 is 0 Å². The predicted molar refractivity (Wildman–Crippen MR) is 103 cm³/mol. The van der Waals surface area contributed by atoms with Crippen LogP contribution in [0.3, 0.4) is 0 Å². The number of nitrogens with one attached hydrogen (secondary N) is 1. The molecule has 4 rings (SSSR count).